The predicted molar refractivity (Wildman–Crippen MR) is 311 cm³/mol. The molecular weight excluding hydrogens is 1030 g/mol. The molecule has 2 aliphatic heterocycles. The molecule has 15 nitrogen and oxygen atoms in total. The number of nitrogens with one attached hydrogen (secondary N) is 4. The fourth-order valence-electron chi connectivity index (χ4n) is 10.2. The van der Waals surface area contributed by atoms with Crippen LogP contribution in [0.5, 0.6) is 11.5 Å². The standard InChI is InChI=1S/C31H42ClN3O5.C30H40ClN3O4/c1-37-18-7-16-33-15-5-3-4-6-19-39-25-11-8-23(9-12-25)30-29-26(27-22-24(32)10-13-28(27)34-29)14-17-35(30)31(36)40-21-20-38-2;1-21(2)32-15-6-4-5-7-17-37-24-11-8-22(9-12-24)29-28-25(26-20-23(31)10-13-27(26)33-28)14-16-34(29)30(35)38-19-18-36-3/h8-13,22,30,33-34H,3-7,14-21H2,1-2H3;8-13,20-21,29,32-33H,4-7,14-19H2,1-3H3. The number of fused-ring (bicyclic) bond motifs is 6. The molecule has 4 N–H and O–H groups in total. The molecular formula is C61H82Cl2N6O9. The normalized spacial score (nSPS) is 15.0. The number of rotatable bonds is 29. The molecule has 2 unspecified atom stereocenters. The van der Waals surface area contributed by atoms with Crippen molar-refractivity contribution >= 4 is 57.2 Å². The number of aromatic amines is 2. The fourth-order valence-corrected chi connectivity index (χ4v) is 10.6. The van der Waals surface area contributed by atoms with Gasteiger partial charge in [0, 0.05) is 90.3 Å². The maximum Gasteiger partial charge on any atom is 0.410 e. The third kappa shape index (κ3) is 17.2. The monoisotopic (exact) mass is 1110 g/mol. The summed E-state index contributed by atoms with van der Waals surface area (Å²) in [7, 11) is 4.92. The largest absolute Gasteiger partial charge is 0.494 e. The number of benzene rings is 4. The van der Waals surface area contributed by atoms with Crippen LogP contribution in [0.25, 0.3) is 21.8 Å². The number of hydrogen-bond donors (Lipinski definition) is 4. The topological polar surface area (TPSA) is 161 Å². The van der Waals surface area contributed by atoms with E-state index in [9.17, 15) is 9.59 Å². The van der Waals surface area contributed by atoms with Crippen LogP contribution in [0.4, 0.5) is 9.59 Å². The Bertz CT molecular complexity index is 2750. The molecule has 0 radical (unpaired) electrons. The van der Waals surface area contributed by atoms with Gasteiger partial charge in [0.1, 0.15) is 36.8 Å². The number of unbranched alkanes of at least 4 members (excludes halogenated alkanes) is 6. The number of H-pyrrole nitrogens is 2. The summed E-state index contributed by atoms with van der Waals surface area (Å²) in [5, 5.41) is 10.5. The summed E-state index contributed by atoms with van der Waals surface area (Å²) in [5.41, 5.74) is 8.39. The molecule has 424 valence electrons. The first kappa shape index (κ1) is 60.1. The highest BCUT2D eigenvalue weighted by Crippen LogP contribution is 2.42. The predicted octanol–water partition coefficient (Wildman–Crippen LogP) is 12.6. The summed E-state index contributed by atoms with van der Waals surface area (Å²) >= 11 is 12.6. The van der Waals surface area contributed by atoms with Crippen LogP contribution in [0, 0.1) is 0 Å². The van der Waals surface area contributed by atoms with Crippen molar-refractivity contribution in [3.8, 4) is 11.5 Å². The first-order valence-electron chi connectivity index (χ1n) is 27.9. The van der Waals surface area contributed by atoms with E-state index in [-0.39, 0.29) is 37.5 Å². The van der Waals surface area contributed by atoms with Gasteiger partial charge in [0.15, 0.2) is 0 Å². The van der Waals surface area contributed by atoms with Gasteiger partial charge in [0.05, 0.1) is 26.4 Å². The number of carbonyl (C=O) groups excluding carboxylic acids is 2. The molecule has 0 saturated carbocycles. The van der Waals surface area contributed by atoms with Gasteiger partial charge in [-0.05, 0) is 147 Å². The van der Waals surface area contributed by atoms with Crippen LogP contribution in [-0.4, -0.2) is 138 Å². The number of amides is 2. The van der Waals surface area contributed by atoms with Crippen LogP contribution < -0.4 is 20.1 Å². The van der Waals surface area contributed by atoms with E-state index in [1.807, 2.05) is 84.9 Å². The van der Waals surface area contributed by atoms with Crippen molar-refractivity contribution in [2.75, 3.05) is 100 Å². The first-order chi connectivity index (χ1) is 38.1. The molecule has 0 spiro atoms. The average molecular weight is 1110 g/mol. The number of hydrogen-bond acceptors (Lipinski definition) is 11. The summed E-state index contributed by atoms with van der Waals surface area (Å²) < 4.78 is 38.2. The summed E-state index contributed by atoms with van der Waals surface area (Å²) in [6.45, 7) is 11.9. The minimum atomic E-state index is -0.352. The number of carbonyl (C=O) groups is 2. The zero-order valence-electron chi connectivity index (χ0n) is 46.4. The molecule has 0 fully saturated rings. The highest BCUT2D eigenvalue weighted by Gasteiger charge is 2.37. The van der Waals surface area contributed by atoms with E-state index >= 15 is 0 Å². The first-order valence-corrected chi connectivity index (χ1v) is 28.7. The van der Waals surface area contributed by atoms with Crippen molar-refractivity contribution in [1.82, 2.24) is 30.4 Å². The van der Waals surface area contributed by atoms with Crippen molar-refractivity contribution in [2.24, 2.45) is 0 Å². The Kier molecular flexibility index (Phi) is 24.6. The molecule has 2 amide bonds. The van der Waals surface area contributed by atoms with Crippen LogP contribution in [-0.2, 0) is 36.5 Å². The zero-order valence-corrected chi connectivity index (χ0v) is 47.9. The molecule has 2 aromatic heterocycles. The second-order valence-corrected chi connectivity index (χ2v) is 21.1. The van der Waals surface area contributed by atoms with Crippen LogP contribution >= 0.6 is 23.2 Å². The summed E-state index contributed by atoms with van der Waals surface area (Å²) in [4.78, 5) is 36.9. The lowest BCUT2D eigenvalue weighted by atomic mass is 9.92. The Hall–Kier alpha value is -5.52. The van der Waals surface area contributed by atoms with Gasteiger partial charge in [-0.1, -0.05) is 87.0 Å². The van der Waals surface area contributed by atoms with E-state index in [1.165, 1.54) is 36.8 Å². The Morgan fingerprint density at radius 1 is 0.538 bits per heavy atom. The molecule has 0 saturated heterocycles. The molecule has 6 aromatic rings. The number of aromatic nitrogens is 2. The maximum atomic E-state index is 13.1. The van der Waals surface area contributed by atoms with E-state index in [1.54, 1.807) is 31.1 Å². The van der Waals surface area contributed by atoms with Crippen molar-refractivity contribution in [3.63, 3.8) is 0 Å². The van der Waals surface area contributed by atoms with Crippen LogP contribution in [0.3, 0.4) is 0 Å². The van der Waals surface area contributed by atoms with Crippen LogP contribution in [0.1, 0.15) is 117 Å². The molecule has 4 heterocycles. The summed E-state index contributed by atoms with van der Waals surface area (Å²) in [6.07, 6.45) is 10.9. The van der Waals surface area contributed by atoms with Gasteiger partial charge in [0.2, 0.25) is 0 Å². The molecule has 2 aliphatic rings. The quantitative estimate of drug-likeness (QED) is 0.0331. The highest BCUT2D eigenvalue weighted by molar-refractivity contribution is 6.31. The maximum absolute atomic E-state index is 13.1. The van der Waals surface area contributed by atoms with Gasteiger partial charge in [-0.25, -0.2) is 9.59 Å². The molecule has 8 rings (SSSR count). The van der Waals surface area contributed by atoms with E-state index < -0.39 is 0 Å². The molecule has 2 atom stereocenters. The lowest BCUT2D eigenvalue weighted by Crippen LogP contribution is -2.41. The van der Waals surface area contributed by atoms with Gasteiger partial charge in [0.25, 0.3) is 0 Å². The van der Waals surface area contributed by atoms with Crippen LogP contribution in [0.15, 0.2) is 84.9 Å². The second kappa shape index (κ2) is 31.9. The van der Waals surface area contributed by atoms with E-state index in [0.29, 0.717) is 55.6 Å². The SMILES string of the molecule is COCCCNCCCCCCOc1ccc(C2c3[nH]c4ccc(Cl)cc4c3CCN2C(=O)OCCOC)cc1.COCCOC(=O)N1CCc2c([nH]c3ccc(Cl)cc23)C1c1ccc(OCCCCCCNC(C)C)cc1. The van der Waals surface area contributed by atoms with E-state index in [2.05, 4.69) is 34.4 Å². The molecule has 0 bridgehead atoms. The Morgan fingerprint density at radius 3 is 1.42 bits per heavy atom. The van der Waals surface area contributed by atoms with E-state index in [4.69, 9.17) is 56.4 Å². The minimum absolute atomic E-state index is 0.214. The highest BCUT2D eigenvalue weighted by atomic mass is 35.5. The minimum Gasteiger partial charge on any atom is -0.494 e. The number of ether oxygens (including phenoxy) is 7. The average Bonchev–Trinajstić information content (AvgIpc) is 4.01. The van der Waals surface area contributed by atoms with Crippen molar-refractivity contribution < 1.29 is 42.7 Å². The number of nitrogens with zero attached hydrogens (tertiary/aromatic N) is 2. The number of halogens is 2. The van der Waals surface area contributed by atoms with Crippen LogP contribution in [0.2, 0.25) is 10.0 Å². The summed E-state index contributed by atoms with van der Waals surface area (Å²) in [6, 6.07) is 27.8. The van der Waals surface area contributed by atoms with Gasteiger partial charge in [-0.15, -0.1) is 0 Å². The zero-order chi connectivity index (χ0) is 55.1. The Labute approximate surface area is 471 Å². The lowest BCUT2D eigenvalue weighted by Gasteiger charge is -2.35. The molecule has 0 aliphatic carbocycles. The third-order valence-electron chi connectivity index (χ3n) is 14.2. The van der Waals surface area contributed by atoms with Crippen molar-refractivity contribution in [3.05, 3.63) is 129 Å². The van der Waals surface area contributed by atoms with Crippen molar-refractivity contribution in [2.45, 2.75) is 103 Å². The lowest BCUT2D eigenvalue weighted by molar-refractivity contribution is 0.0626. The van der Waals surface area contributed by atoms with Gasteiger partial charge in [-0.2, -0.15) is 0 Å². The van der Waals surface area contributed by atoms with Gasteiger partial charge < -0.3 is 53.8 Å². The van der Waals surface area contributed by atoms with Gasteiger partial charge in [-0.3, -0.25) is 9.80 Å². The summed E-state index contributed by atoms with van der Waals surface area (Å²) in [5.74, 6) is 1.67. The smallest absolute Gasteiger partial charge is 0.410 e. The van der Waals surface area contributed by atoms with Gasteiger partial charge >= 0.3 is 12.2 Å². The number of methoxy groups -OCH3 is 3. The fraction of sp³-hybridized carbons (Fsp3) is 0.508. The van der Waals surface area contributed by atoms with Crippen molar-refractivity contribution in [1.29, 1.82) is 0 Å². The van der Waals surface area contributed by atoms with E-state index in [0.717, 1.165) is 127 Å². The Balaban J connectivity index is 0.000000226. The second-order valence-electron chi connectivity index (χ2n) is 20.2. The molecule has 78 heavy (non-hydrogen) atoms. The molecule has 17 heteroatoms. The molecule has 4 aromatic carbocycles. The third-order valence-corrected chi connectivity index (χ3v) is 14.6. The Morgan fingerprint density at radius 2 is 0.974 bits per heavy atom.